The van der Waals surface area contributed by atoms with Crippen molar-refractivity contribution in [2.24, 2.45) is 0 Å². The second-order valence-electron chi connectivity index (χ2n) is 5.71. The van der Waals surface area contributed by atoms with Gasteiger partial charge in [-0.2, -0.15) is 0 Å². The molecule has 0 fully saturated rings. The number of carbonyl (C=O) groups is 2. The van der Waals surface area contributed by atoms with E-state index < -0.39 is 0 Å². The molecule has 2 N–H and O–H groups in total. The Kier molecular flexibility index (Phi) is 8.40. The van der Waals surface area contributed by atoms with Gasteiger partial charge in [-0.05, 0) is 52.4 Å². The van der Waals surface area contributed by atoms with Gasteiger partial charge < -0.3 is 20.0 Å². The minimum atomic E-state index is -0.291. The van der Waals surface area contributed by atoms with Crippen LogP contribution in [0.25, 0.3) is 0 Å². The molecule has 0 aliphatic carbocycles. The monoisotopic (exact) mass is 323 g/mol. The molecule has 0 bridgehead atoms. The molecule has 0 radical (unpaired) electrons. The van der Waals surface area contributed by atoms with Gasteiger partial charge in [-0.1, -0.05) is 13.8 Å². The van der Waals surface area contributed by atoms with Crippen molar-refractivity contribution in [3.8, 4) is 0 Å². The molecule has 0 aliphatic heterocycles. The number of rotatable bonds is 10. The summed E-state index contributed by atoms with van der Waals surface area (Å²) in [5, 5.41) is 5.51. The second-order valence-corrected chi connectivity index (χ2v) is 5.71. The molecule has 1 aromatic rings. The van der Waals surface area contributed by atoms with Crippen molar-refractivity contribution in [3.63, 3.8) is 0 Å². The van der Waals surface area contributed by atoms with Crippen LogP contribution in [-0.2, 0) is 4.79 Å². The van der Waals surface area contributed by atoms with E-state index in [1.165, 1.54) is 6.26 Å². The number of furan rings is 1. The lowest BCUT2D eigenvalue weighted by Crippen LogP contribution is -2.41. The van der Waals surface area contributed by atoms with Crippen molar-refractivity contribution in [1.82, 2.24) is 15.5 Å². The normalized spacial score (nSPS) is 12.2. The van der Waals surface area contributed by atoms with Crippen molar-refractivity contribution < 1.29 is 14.0 Å². The number of nitrogens with one attached hydrogen (secondary N) is 2. The summed E-state index contributed by atoms with van der Waals surface area (Å²) in [5.41, 5.74) is 0.463. The van der Waals surface area contributed by atoms with Gasteiger partial charge in [0.25, 0.3) is 5.91 Å². The summed E-state index contributed by atoms with van der Waals surface area (Å²) in [6, 6.07) is 1.70. The van der Waals surface area contributed by atoms with Gasteiger partial charge in [0.05, 0.1) is 18.4 Å². The maximum Gasteiger partial charge on any atom is 0.255 e. The first-order valence-corrected chi connectivity index (χ1v) is 8.31. The molecule has 0 spiro atoms. The van der Waals surface area contributed by atoms with E-state index in [1.807, 2.05) is 6.92 Å². The van der Waals surface area contributed by atoms with E-state index in [-0.39, 0.29) is 24.4 Å². The van der Waals surface area contributed by atoms with Crippen LogP contribution in [0, 0.1) is 6.92 Å². The van der Waals surface area contributed by atoms with Crippen LogP contribution in [0.1, 0.15) is 49.7 Å². The molecule has 1 rings (SSSR count). The highest BCUT2D eigenvalue weighted by molar-refractivity contribution is 5.97. The van der Waals surface area contributed by atoms with Crippen LogP contribution in [0.5, 0.6) is 0 Å². The molecule has 1 aromatic heterocycles. The van der Waals surface area contributed by atoms with E-state index in [0.717, 1.165) is 32.5 Å². The number of hydrogen-bond donors (Lipinski definition) is 2. The molecule has 0 saturated carbocycles. The van der Waals surface area contributed by atoms with Gasteiger partial charge in [-0.15, -0.1) is 0 Å². The van der Waals surface area contributed by atoms with Crippen LogP contribution in [0.4, 0.5) is 0 Å². The fraction of sp³-hybridized carbons (Fsp3) is 0.647. The SMILES string of the molecule is CCN(CC)CCC[C@@H](C)NC(=O)CNC(=O)c1ccoc1C. The predicted molar refractivity (Wildman–Crippen MR) is 90.4 cm³/mol. The second kappa shape index (κ2) is 10.0. The van der Waals surface area contributed by atoms with Crippen LogP contribution in [0.3, 0.4) is 0 Å². The Balaban J connectivity index is 2.23. The lowest BCUT2D eigenvalue weighted by molar-refractivity contribution is -0.120. The molecule has 6 heteroatoms. The maximum absolute atomic E-state index is 11.9. The Morgan fingerprint density at radius 3 is 2.57 bits per heavy atom. The highest BCUT2D eigenvalue weighted by Gasteiger charge is 2.13. The van der Waals surface area contributed by atoms with Crippen molar-refractivity contribution in [1.29, 1.82) is 0 Å². The van der Waals surface area contributed by atoms with Gasteiger partial charge in [0.15, 0.2) is 0 Å². The number of hydrogen-bond acceptors (Lipinski definition) is 4. The number of carbonyl (C=O) groups excluding carboxylic acids is 2. The van der Waals surface area contributed by atoms with Gasteiger partial charge in [0.2, 0.25) is 5.91 Å². The topological polar surface area (TPSA) is 74.6 Å². The minimum Gasteiger partial charge on any atom is -0.469 e. The standard InChI is InChI=1S/C17H29N3O3/c1-5-20(6-2)10-7-8-13(3)19-16(21)12-18-17(22)15-9-11-23-14(15)4/h9,11,13H,5-8,10,12H2,1-4H3,(H,18,22)(H,19,21)/t13-/m1/s1. The Bertz CT molecular complexity index is 495. The molecule has 2 amide bonds. The van der Waals surface area contributed by atoms with Gasteiger partial charge in [-0.3, -0.25) is 9.59 Å². The molecule has 0 aromatic carbocycles. The number of amides is 2. The summed E-state index contributed by atoms with van der Waals surface area (Å²) in [6.45, 7) is 11.1. The highest BCUT2D eigenvalue weighted by atomic mass is 16.3. The van der Waals surface area contributed by atoms with Crippen LogP contribution >= 0.6 is 0 Å². The van der Waals surface area contributed by atoms with Crippen LogP contribution in [0.15, 0.2) is 16.7 Å². The van der Waals surface area contributed by atoms with Gasteiger partial charge in [0, 0.05) is 6.04 Å². The maximum atomic E-state index is 11.9. The van der Waals surface area contributed by atoms with Crippen LogP contribution < -0.4 is 10.6 Å². The van der Waals surface area contributed by atoms with Gasteiger partial charge in [0.1, 0.15) is 5.76 Å². The summed E-state index contributed by atoms with van der Waals surface area (Å²) in [6.07, 6.45) is 3.43. The Labute approximate surface area is 138 Å². The third kappa shape index (κ3) is 6.86. The lowest BCUT2D eigenvalue weighted by Gasteiger charge is -2.19. The summed E-state index contributed by atoms with van der Waals surface area (Å²) in [7, 11) is 0. The first kappa shape index (κ1) is 19.2. The Hall–Kier alpha value is -1.82. The number of aryl methyl sites for hydroxylation is 1. The van der Waals surface area contributed by atoms with Crippen molar-refractivity contribution >= 4 is 11.8 Å². The molecule has 0 aliphatic rings. The van der Waals surface area contributed by atoms with E-state index in [1.54, 1.807) is 13.0 Å². The highest BCUT2D eigenvalue weighted by Crippen LogP contribution is 2.07. The lowest BCUT2D eigenvalue weighted by atomic mass is 10.1. The third-order valence-electron chi connectivity index (χ3n) is 3.93. The molecule has 0 unspecified atom stereocenters. The van der Waals surface area contributed by atoms with Crippen molar-refractivity contribution in [2.75, 3.05) is 26.2 Å². The fourth-order valence-corrected chi connectivity index (χ4v) is 2.44. The molecule has 130 valence electrons. The molecular formula is C17H29N3O3. The molecule has 1 atom stereocenters. The minimum absolute atomic E-state index is 0.0240. The van der Waals surface area contributed by atoms with E-state index in [9.17, 15) is 9.59 Å². The summed E-state index contributed by atoms with van der Waals surface area (Å²) < 4.78 is 5.07. The summed E-state index contributed by atoms with van der Waals surface area (Å²) >= 11 is 0. The largest absolute Gasteiger partial charge is 0.469 e. The number of nitrogens with zero attached hydrogens (tertiary/aromatic N) is 1. The average Bonchev–Trinajstić information content (AvgIpc) is 2.95. The molecule has 23 heavy (non-hydrogen) atoms. The molecule has 1 heterocycles. The van der Waals surface area contributed by atoms with Crippen molar-refractivity contribution in [2.45, 2.75) is 46.6 Å². The summed E-state index contributed by atoms with van der Waals surface area (Å²) in [4.78, 5) is 26.1. The zero-order valence-electron chi connectivity index (χ0n) is 14.6. The fourth-order valence-electron chi connectivity index (χ4n) is 2.44. The third-order valence-corrected chi connectivity index (χ3v) is 3.93. The molecule has 6 nitrogen and oxygen atoms in total. The molecular weight excluding hydrogens is 294 g/mol. The van der Waals surface area contributed by atoms with E-state index in [0.29, 0.717) is 11.3 Å². The van der Waals surface area contributed by atoms with Gasteiger partial charge in [-0.25, -0.2) is 0 Å². The van der Waals surface area contributed by atoms with Crippen molar-refractivity contribution in [3.05, 3.63) is 23.7 Å². The Morgan fingerprint density at radius 1 is 1.30 bits per heavy atom. The quantitative estimate of drug-likeness (QED) is 0.690. The zero-order valence-corrected chi connectivity index (χ0v) is 14.6. The van der Waals surface area contributed by atoms with E-state index in [4.69, 9.17) is 4.42 Å². The molecule has 0 saturated heterocycles. The average molecular weight is 323 g/mol. The van der Waals surface area contributed by atoms with E-state index >= 15 is 0 Å². The van der Waals surface area contributed by atoms with E-state index in [2.05, 4.69) is 29.4 Å². The van der Waals surface area contributed by atoms with Gasteiger partial charge >= 0.3 is 0 Å². The smallest absolute Gasteiger partial charge is 0.255 e. The van der Waals surface area contributed by atoms with Crippen LogP contribution in [-0.4, -0.2) is 48.9 Å². The van der Waals surface area contributed by atoms with Crippen LogP contribution in [0.2, 0.25) is 0 Å². The summed E-state index contributed by atoms with van der Waals surface area (Å²) in [5.74, 6) is 0.0862. The predicted octanol–water partition coefficient (Wildman–Crippen LogP) is 1.94. The zero-order chi connectivity index (χ0) is 17.2. The first-order chi connectivity index (χ1) is 11.0. The Morgan fingerprint density at radius 2 is 2.00 bits per heavy atom. The first-order valence-electron chi connectivity index (χ1n) is 8.31.